The van der Waals surface area contributed by atoms with Gasteiger partial charge in [0, 0.05) is 11.3 Å². The first-order chi connectivity index (χ1) is 12.9. The number of ether oxygens (including phenoxy) is 2. The number of likely N-dealkylation sites (N-methyl/N-ethyl adjacent to an activating group) is 1. The molecule has 6 nitrogen and oxygen atoms in total. The van der Waals surface area contributed by atoms with E-state index in [1.165, 1.54) is 6.92 Å². The Balaban J connectivity index is 1.54. The van der Waals surface area contributed by atoms with E-state index in [2.05, 4.69) is 5.32 Å². The Bertz CT molecular complexity index is 819. The van der Waals surface area contributed by atoms with Gasteiger partial charge in [-0.15, -0.1) is 0 Å². The molecule has 3 rings (SSSR count). The van der Waals surface area contributed by atoms with E-state index >= 15 is 0 Å². The highest BCUT2D eigenvalue weighted by molar-refractivity contribution is 5.96. The van der Waals surface area contributed by atoms with Gasteiger partial charge in [-0.3, -0.25) is 9.59 Å². The number of quaternary nitrogens is 1. The number of hydrogen-bond acceptors (Lipinski definition) is 4. The van der Waals surface area contributed by atoms with Gasteiger partial charge in [0.1, 0.15) is 13.2 Å². The zero-order valence-electron chi connectivity index (χ0n) is 15.8. The van der Waals surface area contributed by atoms with E-state index in [1.54, 1.807) is 24.3 Å². The number of fused-ring (bicyclic) bond motifs is 1. The van der Waals surface area contributed by atoms with Crippen LogP contribution in [0.25, 0.3) is 0 Å². The van der Waals surface area contributed by atoms with E-state index in [0.29, 0.717) is 24.4 Å². The van der Waals surface area contributed by atoms with E-state index in [4.69, 9.17) is 9.47 Å². The summed E-state index contributed by atoms with van der Waals surface area (Å²) in [7, 11) is 1.97. The lowest BCUT2D eigenvalue weighted by atomic mass is 10.1. The van der Waals surface area contributed by atoms with E-state index < -0.39 is 0 Å². The van der Waals surface area contributed by atoms with Crippen LogP contribution in [0.15, 0.2) is 48.5 Å². The number of para-hydroxylation sites is 2. The molecule has 1 aliphatic rings. The molecule has 0 radical (unpaired) electrons. The van der Waals surface area contributed by atoms with Crippen molar-refractivity contribution in [3.05, 3.63) is 54.1 Å². The number of ketones is 1. The SMILES string of the molecule is CC(=O)c1ccc(NC(=O)[C@H](C)[NH+](C)C[C@@H]2COc3ccccc3O2)cc1. The Hall–Kier alpha value is -2.86. The van der Waals surface area contributed by atoms with Gasteiger partial charge in [0.05, 0.1) is 7.05 Å². The zero-order chi connectivity index (χ0) is 19.4. The second-order valence-electron chi connectivity index (χ2n) is 6.89. The molecule has 2 N–H and O–H groups in total. The maximum absolute atomic E-state index is 12.5. The van der Waals surface area contributed by atoms with Gasteiger partial charge in [-0.2, -0.15) is 0 Å². The van der Waals surface area contributed by atoms with Gasteiger partial charge in [-0.25, -0.2) is 0 Å². The van der Waals surface area contributed by atoms with Gasteiger partial charge in [-0.05, 0) is 50.2 Å². The molecule has 1 unspecified atom stereocenters. The lowest BCUT2D eigenvalue weighted by Gasteiger charge is -2.29. The van der Waals surface area contributed by atoms with E-state index in [1.807, 2.05) is 38.2 Å². The monoisotopic (exact) mass is 369 g/mol. The van der Waals surface area contributed by atoms with Gasteiger partial charge in [-0.1, -0.05) is 12.1 Å². The number of carbonyl (C=O) groups excluding carboxylic acids is 2. The van der Waals surface area contributed by atoms with Crippen LogP contribution >= 0.6 is 0 Å². The molecule has 0 fully saturated rings. The van der Waals surface area contributed by atoms with Crippen molar-refractivity contribution in [3.63, 3.8) is 0 Å². The van der Waals surface area contributed by atoms with Crippen LogP contribution in [0.2, 0.25) is 0 Å². The highest BCUT2D eigenvalue weighted by Gasteiger charge is 2.28. The molecule has 0 saturated heterocycles. The minimum absolute atomic E-state index is 0.00157. The third-order valence-electron chi connectivity index (χ3n) is 4.81. The van der Waals surface area contributed by atoms with Crippen LogP contribution in [0.3, 0.4) is 0 Å². The summed E-state index contributed by atoms with van der Waals surface area (Å²) >= 11 is 0. The molecular weight excluding hydrogens is 344 g/mol. The van der Waals surface area contributed by atoms with Crippen molar-refractivity contribution in [2.24, 2.45) is 0 Å². The van der Waals surface area contributed by atoms with Crippen LogP contribution in [-0.2, 0) is 4.79 Å². The summed E-state index contributed by atoms with van der Waals surface area (Å²) in [5, 5.41) is 2.90. The molecule has 0 aliphatic carbocycles. The molecule has 2 aromatic carbocycles. The highest BCUT2D eigenvalue weighted by Crippen LogP contribution is 2.30. The minimum atomic E-state index is -0.266. The number of carbonyl (C=O) groups is 2. The molecule has 27 heavy (non-hydrogen) atoms. The molecule has 0 saturated carbocycles. The lowest BCUT2D eigenvalue weighted by Crippen LogP contribution is -3.15. The van der Waals surface area contributed by atoms with E-state index in [0.717, 1.165) is 16.4 Å². The number of nitrogens with one attached hydrogen (secondary N) is 2. The van der Waals surface area contributed by atoms with Crippen LogP contribution in [0, 0.1) is 0 Å². The van der Waals surface area contributed by atoms with Crippen molar-refractivity contribution in [3.8, 4) is 11.5 Å². The fourth-order valence-corrected chi connectivity index (χ4v) is 2.96. The summed E-state index contributed by atoms with van der Waals surface area (Å²) in [5.41, 5.74) is 1.30. The van der Waals surface area contributed by atoms with Crippen LogP contribution in [0.4, 0.5) is 5.69 Å². The average molecular weight is 369 g/mol. The topological polar surface area (TPSA) is 69.1 Å². The van der Waals surface area contributed by atoms with Gasteiger partial charge >= 0.3 is 0 Å². The molecule has 6 heteroatoms. The van der Waals surface area contributed by atoms with Crippen LogP contribution < -0.4 is 19.7 Å². The number of anilines is 1. The van der Waals surface area contributed by atoms with Crippen molar-refractivity contribution in [2.75, 3.05) is 25.5 Å². The van der Waals surface area contributed by atoms with Crippen LogP contribution in [0.5, 0.6) is 11.5 Å². The summed E-state index contributed by atoms with van der Waals surface area (Å²) in [5.74, 6) is 1.41. The zero-order valence-corrected chi connectivity index (χ0v) is 15.8. The normalized spacial score (nSPS) is 17.7. The Labute approximate surface area is 159 Å². The van der Waals surface area contributed by atoms with Crippen molar-refractivity contribution >= 4 is 17.4 Å². The number of Topliss-reactive ketones (excluding diaryl/α,β-unsaturated/α-hetero) is 1. The quantitative estimate of drug-likeness (QED) is 0.759. The van der Waals surface area contributed by atoms with Crippen molar-refractivity contribution in [2.45, 2.75) is 26.0 Å². The summed E-state index contributed by atoms with van der Waals surface area (Å²) < 4.78 is 11.7. The third kappa shape index (κ3) is 4.65. The highest BCUT2D eigenvalue weighted by atomic mass is 16.6. The number of benzene rings is 2. The second-order valence-corrected chi connectivity index (χ2v) is 6.89. The molecule has 1 amide bonds. The third-order valence-corrected chi connectivity index (χ3v) is 4.81. The van der Waals surface area contributed by atoms with E-state index in [9.17, 15) is 9.59 Å². The Morgan fingerprint density at radius 3 is 2.48 bits per heavy atom. The predicted molar refractivity (Wildman–Crippen MR) is 103 cm³/mol. The molecule has 0 bridgehead atoms. The summed E-state index contributed by atoms with van der Waals surface area (Å²) in [6, 6.07) is 14.2. The maximum atomic E-state index is 12.5. The minimum Gasteiger partial charge on any atom is -0.486 e. The molecular formula is C21H25N2O4+. The molecule has 0 spiro atoms. The lowest BCUT2D eigenvalue weighted by molar-refractivity contribution is -0.896. The van der Waals surface area contributed by atoms with Crippen LogP contribution in [0.1, 0.15) is 24.2 Å². The Morgan fingerprint density at radius 1 is 1.15 bits per heavy atom. The molecule has 3 atom stereocenters. The first kappa shape index (κ1) is 18.9. The van der Waals surface area contributed by atoms with E-state index in [-0.39, 0.29) is 23.8 Å². The van der Waals surface area contributed by atoms with Crippen molar-refractivity contribution < 1.29 is 24.0 Å². The smallest absolute Gasteiger partial charge is 0.282 e. The molecule has 142 valence electrons. The first-order valence-electron chi connectivity index (χ1n) is 9.06. The Morgan fingerprint density at radius 2 is 1.81 bits per heavy atom. The number of rotatable bonds is 6. The first-order valence-corrected chi connectivity index (χ1v) is 9.06. The fourth-order valence-electron chi connectivity index (χ4n) is 2.96. The Kier molecular flexibility index (Phi) is 5.76. The largest absolute Gasteiger partial charge is 0.486 e. The molecule has 1 heterocycles. The molecule has 1 aliphatic heterocycles. The molecule has 0 aromatic heterocycles. The van der Waals surface area contributed by atoms with Crippen molar-refractivity contribution in [1.29, 1.82) is 0 Å². The van der Waals surface area contributed by atoms with Gasteiger partial charge in [0.15, 0.2) is 29.4 Å². The summed E-state index contributed by atoms with van der Waals surface area (Å²) in [6.07, 6.45) is -0.106. The number of amides is 1. The summed E-state index contributed by atoms with van der Waals surface area (Å²) in [4.78, 5) is 24.9. The summed E-state index contributed by atoms with van der Waals surface area (Å²) in [6.45, 7) is 4.51. The average Bonchev–Trinajstić information content (AvgIpc) is 2.67. The predicted octanol–water partition coefficient (Wildman–Crippen LogP) is 1.57. The molecule has 2 aromatic rings. The van der Waals surface area contributed by atoms with Crippen molar-refractivity contribution in [1.82, 2.24) is 0 Å². The standard InChI is InChI=1S/C21H24N2O4/c1-14(21(25)22-17-10-8-16(9-11-17)15(2)24)23(3)12-18-13-26-19-6-4-5-7-20(19)27-18/h4-11,14,18H,12-13H2,1-3H3,(H,22,25)/p+1/t14-,18+/m0/s1. The fraction of sp³-hybridized carbons (Fsp3) is 0.333. The van der Waals surface area contributed by atoms with Gasteiger partial charge < -0.3 is 19.7 Å². The number of hydrogen-bond donors (Lipinski definition) is 2. The van der Waals surface area contributed by atoms with Gasteiger partial charge in [0.25, 0.3) is 5.91 Å². The van der Waals surface area contributed by atoms with Gasteiger partial charge in [0.2, 0.25) is 0 Å². The van der Waals surface area contributed by atoms with Crippen LogP contribution in [-0.4, -0.2) is 44.0 Å². The second kappa shape index (κ2) is 8.22. The maximum Gasteiger partial charge on any atom is 0.282 e.